The summed E-state index contributed by atoms with van der Waals surface area (Å²) in [5, 5.41) is 3.33. The molecule has 0 spiro atoms. The lowest BCUT2D eigenvalue weighted by Crippen LogP contribution is -2.21. The first-order valence-corrected chi connectivity index (χ1v) is 5.76. The quantitative estimate of drug-likeness (QED) is 0.868. The van der Waals surface area contributed by atoms with Gasteiger partial charge in [-0.3, -0.25) is 4.98 Å². The van der Waals surface area contributed by atoms with E-state index in [1.807, 2.05) is 44.9 Å². The van der Waals surface area contributed by atoms with E-state index in [4.69, 9.17) is 0 Å². The van der Waals surface area contributed by atoms with Crippen molar-refractivity contribution in [1.82, 2.24) is 19.9 Å². The van der Waals surface area contributed by atoms with Gasteiger partial charge in [0.15, 0.2) is 0 Å². The molecule has 0 radical (unpaired) electrons. The SMILES string of the molecule is CNC(Cc1nccn1C)c1cnccc1C. The molecule has 0 aromatic carbocycles. The summed E-state index contributed by atoms with van der Waals surface area (Å²) in [6.45, 7) is 2.11. The summed E-state index contributed by atoms with van der Waals surface area (Å²) in [6, 6.07) is 2.29. The number of aromatic nitrogens is 3. The Labute approximate surface area is 102 Å². The van der Waals surface area contributed by atoms with Gasteiger partial charge in [-0.1, -0.05) is 0 Å². The summed E-state index contributed by atoms with van der Waals surface area (Å²) in [4.78, 5) is 8.56. The number of rotatable bonds is 4. The zero-order valence-electron chi connectivity index (χ0n) is 10.5. The van der Waals surface area contributed by atoms with E-state index in [2.05, 4.69) is 26.8 Å². The first kappa shape index (κ1) is 11.8. The highest BCUT2D eigenvalue weighted by atomic mass is 15.0. The molecule has 0 bridgehead atoms. The molecule has 1 atom stereocenters. The molecule has 4 heteroatoms. The largest absolute Gasteiger partial charge is 0.338 e. The van der Waals surface area contributed by atoms with Gasteiger partial charge in [-0.05, 0) is 31.2 Å². The van der Waals surface area contributed by atoms with Gasteiger partial charge in [-0.2, -0.15) is 0 Å². The van der Waals surface area contributed by atoms with Crippen LogP contribution in [-0.4, -0.2) is 21.6 Å². The monoisotopic (exact) mass is 230 g/mol. The Balaban J connectivity index is 2.23. The molecule has 2 heterocycles. The van der Waals surface area contributed by atoms with Gasteiger partial charge >= 0.3 is 0 Å². The van der Waals surface area contributed by atoms with Gasteiger partial charge in [0.2, 0.25) is 0 Å². The Hall–Kier alpha value is -1.68. The maximum absolute atomic E-state index is 4.36. The second kappa shape index (κ2) is 5.10. The Morgan fingerprint density at radius 2 is 2.24 bits per heavy atom. The molecule has 0 aliphatic heterocycles. The van der Waals surface area contributed by atoms with E-state index >= 15 is 0 Å². The van der Waals surface area contributed by atoms with Crippen molar-refractivity contribution in [1.29, 1.82) is 0 Å². The predicted molar refractivity (Wildman–Crippen MR) is 67.7 cm³/mol. The Bertz CT molecular complexity index is 490. The molecule has 4 nitrogen and oxygen atoms in total. The fourth-order valence-corrected chi connectivity index (χ4v) is 1.98. The second-order valence-electron chi connectivity index (χ2n) is 4.23. The molecule has 2 rings (SSSR count). The van der Waals surface area contributed by atoms with Crippen molar-refractivity contribution < 1.29 is 0 Å². The van der Waals surface area contributed by atoms with Crippen LogP contribution >= 0.6 is 0 Å². The minimum Gasteiger partial charge on any atom is -0.338 e. The minimum absolute atomic E-state index is 0.254. The molecule has 2 aromatic heterocycles. The molecule has 90 valence electrons. The van der Waals surface area contributed by atoms with Crippen molar-refractivity contribution in [2.45, 2.75) is 19.4 Å². The molecule has 0 saturated carbocycles. The molecule has 0 fully saturated rings. The van der Waals surface area contributed by atoms with Crippen LogP contribution in [0.5, 0.6) is 0 Å². The van der Waals surface area contributed by atoms with Gasteiger partial charge in [-0.25, -0.2) is 4.98 Å². The summed E-state index contributed by atoms with van der Waals surface area (Å²) in [6.07, 6.45) is 8.43. The number of hydrogen-bond donors (Lipinski definition) is 1. The second-order valence-corrected chi connectivity index (χ2v) is 4.23. The first-order chi connectivity index (χ1) is 8.22. The van der Waals surface area contributed by atoms with Gasteiger partial charge in [0.25, 0.3) is 0 Å². The van der Waals surface area contributed by atoms with Gasteiger partial charge in [-0.15, -0.1) is 0 Å². The van der Waals surface area contributed by atoms with Crippen molar-refractivity contribution in [2.24, 2.45) is 7.05 Å². The highest BCUT2D eigenvalue weighted by molar-refractivity contribution is 5.25. The molecular weight excluding hydrogens is 212 g/mol. The maximum atomic E-state index is 4.36. The highest BCUT2D eigenvalue weighted by Gasteiger charge is 2.14. The van der Waals surface area contributed by atoms with Crippen LogP contribution in [0.15, 0.2) is 30.9 Å². The fraction of sp³-hybridized carbons (Fsp3) is 0.385. The maximum Gasteiger partial charge on any atom is 0.110 e. The zero-order chi connectivity index (χ0) is 12.3. The molecular formula is C13H18N4. The Morgan fingerprint density at radius 1 is 1.41 bits per heavy atom. The third-order valence-electron chi connectivity index (χ3n) is 3.11. The number of nitrogens with zero attached hydrogens (tertiary/aromatic N) is 3. The summed E-state index contributed by atoms with van der Waals surface area (Å²) in [7, 11) is 3.99. The van der Waals surface area contributed by atoms with Crippen LogP contribution in [0.25, 0.3) is 0 Å². The Morgan fingerprint density at radius 3 is 2.82 bits per heavy atom. The predicted octanol–water partition coefficient (Wildman–Crippen LogP) is 1.63. The molecule has 17 heavy (non-hydrogen) atoms. The average molecular weight is 230 g/mol. The molecule has 0 saturated heterocycles. The van der Waals surface area contributed by atoms with Crippen LogP contribution in [0.3, 0.4) is 0 Å². The van der Waals surface area contributed by atoms with Crippen molar-refractivity contribution in [2.75, 3.05) is 7.05 Å². The van der Waals surface area contributed by atoms with Gasteiger partial charge in [0.05, 0.1) is 0 Å². The molecule has 0 aliphatic carbocycles. The molecule has 1 N–H and O–H groups in total. The number of hydrogen-bond acceptors (Lipinski definition) is 3. The summed E-state index contributed by atoms with van der Waals surface area (Å²) in [5.74, 6) is 1.08. The van der Waals surface area contributed by atoms with Crippen LogP contribution in [0.1, 0.15) is 23.0 Å². The van der Waals surface area contributed by atoms with Crippen LogP contribution in [0, 0.1) is 6.92 Å². The van der Waals surface area contributed by atoms with Crippen molar-refractivity contribution in [3.63, 3.8) is 0 Å². The Kier molecular flexibility index (Phi) is 3.54. The van der Waals surface area contributed by atoms with Crippen LogP contribution < -0.4 is 5.32 Å². The van der Waals surface area contributed by atoms with E-state index in [9.17, 15) is 0 Å². The topological polar surface area (TPSA) is 42.7 Å². The van der Waals surface area contributed by atoms with Gasteiger partial charge in [0.1, 0.15) is 5.82 Å². The smallest absolute Gasteiger partial charge is 0.110 e. The van der Waals surface area contributed by atoms with Crippen LogP contribution in [0.4, 0.5) is 0 Å². The number of aryl methyl sites for hydroxylation is 2. The summed E-state index contributed by atoms with van der Waals surface area (Å²) >= 11 is 0. The normalized spacial score (nSPS) is 12.6. The number of likely N-dealkylation sites (N-methyl/N-ethyl adjacent to an activating group) is 1. The molecule has 0 aliphatic rings. The number of imidazole rings is 1. The van der Waals surface area contributed by atoms with Crippen LogP contribution in [-0.2, 0) is 13.5 Å². The average Bonchev–Trinajstić information content (AvgIpc) is 2.73. The number of pyridine rings is 1. The van der Waals surface area contributed by atoms with E-state index in [-0.39, 0.29) is 6.04 Å². The van der Waals surface area contributed by atoms with E-state index in [0.717, 1.165) is 12.2 Å². The molecule has 2 aromatic rings. The lowest BCUT2D eigenvalue weighted by Gasteiger charge is -2.18. The van der Waals surface area contributed by atoms with E-state index in [0.29, 0.717) is 0 Å². The van der Waals surface area contributed by atoms with Gasteiger partial charge in [0, 0.05) is 44.3 Å². The summed E-state index contributed by atoms with van der Waals surface area (Å²) < 4.78 is 2.05. The van der Waals surface area contributed by atoms with Crippen molar-refractivity contribution in [3.8, 4) is 0 Å². The summed E-state index contributed by atoms with van der Waals surface area (Å²) in [5.41, 5.74) is 2.49. The molecule has 0 amide bonds. The molecule has 1 unspecified atom stereocenters. The lowest BCUT2D eigenvalue weighted by molar-refractivity contribution is 0.559. The standard InChI is InChI=1S/C13H18N4/c1-10-4-5-15-9-11(10)12(14-2)8-13-16-6-7-17(13)3/h4-7,9,12,14H,8H2,1-3H3. The third kappa shape index (κ3) is 2.53. The fourth-order valence-electron chi connectivity index (χ4n) is 1.98. The zero-order valence-corrected chi connectivity index (χ0v) is 10.5. The lowest BCUT2D eigenvalue weighted by atomic mass is 10.0. The van der Waals surface area contributed by atoms with E-state index in [1.54, 1.807) is 0 Å². The van der Waals surface area contributed by atoms with Crippen LogP contribution in [0.2, 0.25) is 0 Å². The van der Waals surface area contributed by atoms with Crippen molar-refractivity contribution >= 4 is 0 Å². The third-order valence-corrected chi connectivity index (χ3v) is 3.11. The highest BCUT2D eigenvalue weighted by Crippen LogP contribution is 2.19. The number of nitrogens with one attached hydrogen (secondary N) is 1. The van der Waals surface area contributed by atoms with E-state index < -0.39 is 0 Å². The van der Waals surface area contributed by atoms with Crippen molar-refractivity contribution in [3.05, 3.63) is 47.8 Å². The van der Waals surface area contributed by atoms with Gasteiger partial charge < -0.3 is 9.88 Å². The first-order valence-electron chi connectivity index (χ1n) is 5.76. The minimum atomic E-state index is 0.254. The van der Waals surface area contributed by atoms with E-state index in [1.165, 1.54) is 11.1 Å².